The third kappa shape index (κ3) is 2.12. The molecule has 1 aliphatic rings. The first kappa shape index (κ1) is 12.2. The van der Waals surface area contributed by atoms with Crippen LogP contribution in [0, 0.1) is 13.8 Å². The van der Waals surface area contributed by atoms with Gasteiger partial charge in [-0.15, -0.1) is 0 Å². The summed E-state index contributed by atoms with van der Waals surface area (Å²) in [6.07, 6.45) is 2.39. The molecule has 1 atom stereocenters. The lowest BCUT2D eigenvalue weighted by atomic mass is 9.97. The van der Waals surface area contributed by atoms with Gasteiger partial charge in [-0.3, -0.25) is 0 Å². The summed E-state index contributed by atoms with van der Waals surface area (Å²) in [5, 5.41) is 3.51. The van der Waals surface area contributed by atoms with Crippen molar-refractivity contribution in [2.45, 2.75) is 32.7 Å². The van der Waals surface area contributed by atoms with Crippen molar-refractivity contribution < 1.29 is 9.47 Å². The third-order valence-corrected chi connectivity index (χ3v) is 3.68. The Morgan fingerprint density at radius 1 is 1.18 bits per heavy atom. The Morgan fingerprint density at radius 3 is 2.47 bits per heavy atom. The number of rotatable bonds is 3. The smallest absolute Gasteiger partial charge is 0.127 e. The number of nitrogens with one attached hydrogen (secondary N) is 1. The second-order valence-corrected chi connectivity index (χ2v) is 4.60. The number of hydrogen-bond donors (Lipinski definition) is 1. The summed E-state index contributed by atoms with van der Waals surface area (Å²) in [6.45, 7) is 5.25. The normalized spacial score (nSPS) is 19.4. The van der Waals surface area contributed by atoms with Gasteiger partial charge in [-0.05, 0) is 50.4 Å². The average molecular weight is 235 g/mol. The van der Waals surface area contributed by atoms with Gasteiger partial charge in [0.2, 0.25) is 0 Å². The molecule has 0 bridgehead atoms. The molecular weight excluding hydrogens is 214 g/mol. The van der Waals surface area contributed by atoms with E-state index in [2.05, 4.69) is 25.2 Å². The Kier molecular flexibility index (Phi) is 3.57. The van der Waals surface area contributed by atoms with Gasteiger partial charge < -0.3 is 14.8 Å². The van der Waals surface area contributed by atoms with Crippen molar-refractivity contribution in [1.29, 1.82) is 0 Å². The molecule has 0 aliphatic carbocycles. The van der Waals surface area contributed by atoms with Gasteiger partial charge in [-0.25, -0.2) is 0 Å². The lowest BCUT2D eigenvalue weighted by Crippen LogP contribution is -2.15. The largest absolute Gasteiger partial charge is 0.496 e. The van der Waals surface area contributed by atoms with Gasteiger partial charge in [0.1, 0.15) is 11.5 Å². The average Bonchev–Trinajstić information content (AvgIpc) is 2.86. The van der Waals surface area contributed by atoms with Gasteiger partial charge in [0, 0.05) is 11.6 Å². The first-order valence-corrected chi connectivity index (χ1v) is 6.14. The summed E-state index contributed by atoms with van der Waals surface area (Å²) >= 11 is 0. The summed E-state index contributed by atoms with van der Waals surface area (Å²) in [5.74, 6) is 1.95. The Bertz CT molecular complexity index is 409. The standard InChI is InChI=1S/C14H21NO2/c1-9-10(2)14(17-4)11(8-13(9)16-3)12-6-5-7-15-12/h8,12,15H,5-7H2,1-4H3. The Balaban J connectivity index is 2.51. The van der Waals surface area contributed by atoms with Gasteiger partial charge in [0.15, 0.2) is 0 Å². The minimum absolute atomic E-state index is 0.401. The van der Waals surface area contributed by atoms with E-state index in [1.165, 1.54) is 24.0 Å². The Labute approximate surface area is 103 Å². The number of methoxy groups -OCH3 is 2. The van der Waals surface area contributed by atoms with E-state index in [-0.39, 0.29) is 0 Å². The van der Waals surface area contributed by atoms with Crippen molar-refractivity contribution in [2.24, 2.45) is 0 Å². The van der Waals surface area contributed by atoms with E-state index in [4.69, 9.17) is 9.47 Å². The minimum atomic E-state index is 0.401. The maximum Gasteiger partial charge on any atom is 0.127 e. The second kappa shape index (κ2) is 4.96. The first-order valence-electron chi connectivity index (χ1n) is 6.14. The van der Waals surface area contributed by atoms with Gasteiger partial charge in [0.05, 0.1) is 14.2 Å². The van der Waals surface area contributed by atoms with Gasteiger partial charge >= 0.3 is 0 Å². The quantitative estimate of drug-likeness (QED) is 0.874. The van der Waals surface area contributed by atoms with Crippen molar-refractivity contribution in [2.75, 3.05) is 20.8 Å². The van der Waals surface area contributed by atoms with Crippen LogP contribution in [0.5, 0.6) is 11.5 Å². The van der Waals surface area contributed by atoms with Crippen molar-refractivity contribution in [3.8, 4) is 11.5 Å². The molecule has 3 heteroatoms. The van der Waals surface area contributed by atoms with E-state index >= 15 is 0 Å². The molecule has 0 radical (unpaired) electrons. The molecule has 2 rings (SSSR count). The number of benzene rings is 1. The van der Waals surface area contributed by atoms with E-state index in [0.717, 1.165) is 23.6 Å². The first-order chi connectivity index (χ1) is 8.19. The molecule has 0 aromatic heterocycles. The zero-order valence-electron chi connectivity index (χ0n) is 11.1. The predicted molar refractivity (Wildman–Crippen MR) is 69.0 cm³/mol. The van der Waals surface area contributed by atoms with Crippen LogP contribution in [0.1, 0.15) is 35.6 Å². The number of ether oxygens (including phenoxy) is 2. The molecule has 17 heavy (non-hydrogen) atoms. The molecule has 1 N–H and O–H groups in total. The van der Waals surface area contributed by atoms with Crippen LogP contribution in [0.2, 0.25) is 0 Å². The van der Waals surface area contributed by atoms with Gasteiger partial charge in [-0.1, -0.05) is 0 Å². The van der Waals surface area contributed by atoms with E-state index in [1.807, 2.05) is 0 Å². The minimum Gasteiger partial charge on any atom is -0.496 e. The topological polar surface area (TPSA) is 30.5 Å². The van der Waals surface area contributed by atoms with E-state index in [1.54, 1.807) is 14.2 Å². The maximum atomic E-state index is 5.57. The molecule has 1 fully saturated rings. The fourth-order valence-corrected chi connectivity index (χ4v) is 2.58. The molecule has 0 amide bonds. The SMILES string of the molecule is COc1cc(C2CCCN2)c(OC)c(C)c1C. The summed E-state index contributed by atoms with van der Waals surface area (Å²) < 4.78 is 11.0. The fourth-order valence-electron chi connectivity index (χ4n) is 2.58. The lowest BCUT2D eigenvalue weighted by Gasteiger charge is -2.20. The predicted octanol–water partition coefficient (Wildman–Crippen LogP) is 2.75. The second-order valence-electron chi connectivity index (χ2n) is 4.60. The van der Waals surface area contributed by atoms with Crippen LogP contribution >= 0.6 is 0 Å². The maximum absolute atomic E-state index is 5.57. The zero-order valence-corrected chi connectivity index (χ0v) is 11.1. The Hall–Kier alpha value is -1.22. The lowest BCUT2D eigenvalue weighted by molar-refractivity contribution is 0.388. The van der Waals surface area contributed by atoms with Crippen molar-refractivity contribution >= 4 is 0 Å². The van der Waals surface area contributed by atoms with Crippen molar-refractivity contribution in [3.05, 3.63) is 22.8 Å². The molecule has 1 aromatic rings. The van der Waals surface area contributed by atoms with Crippen LogP contribution in [0.15, 0.2) is 6.07 Å². The van der Waals surface area contributed by atoms with Gasteiger partial charge in [-0.2, -0.15) is 0 Å². The van der Waals surface area contributed by atoms with Crippen LogP contribution in [-0.4, -0.2) is 20.8 Å². The van der Waals surface area contributed by atoms with E-state index in [9.17, 15) is 0 Å². The molecule has 1 unspecified atom stereocenters. The van der Waals surface area contributed by atoms with Crippen LogP contribution in [0.3, 0.4) is 0 Å². The highest BCUT2D eigenvalue weighted by Gasteiger charge is 2.23. The number of hydrogen-bond acceptors (Lipinski definition) is 3. The molecule has 0 saturated carbocycles. The third-order valence-electron chi connectivity index (χ3n) is 3.68. The fraction of sp³-hybridized carbons (Fsp3) is 0.571. The van der Waals surface area contributed by atoms with E-state index < -0.39 is 0 Å². The van der Waals surface area contributed by atoms with Crippen molar-refractivity contribution in [1.82, 2.24) is 5.32 Å². The molecule has 94 valence electrons. The molecule has 1 aromatic carbocycles. The van der Waals surface area contributed by atoms with E-state index in [0.29, 0.717) is 6.04 Å². The van der Waals surface area contributed by atoms with Crippen LogP contribution in [-0.2, 0) is 0 Å². The summed E-state index contributed by atoms with van der Waals surface area (Å²) in [5.41, 5.74) is 3.56. The molecule has 3 nitrogen and oxygen atoms in total. The summed E-state index contributed by atoms with van der Waals surface area (Å²) in [6, 6.07) is 2.52. The molecular formula is C14H21NO2. The highest BCUT2D eigenvalue weighted by molar-refractivity contribution is 5.53. The highest BCUT2D eigenvalue weighted by Crippen LogP contribution is 2.38. The van der Waals surface area contributed by atoms with Crippen LogP contribution in [0.4, 0.5) is 0 Å². The summed E-state index contributed by atoms with van der Waals surface area (Å²) in [7, 11) is 3.47. The van der Waals surface area contributed by atoms with Crippen LogP contribution in [0.25, 0.3) is 0 Å². The van der Waals surface area contributed by atoms with Crippen molar-refractivity contribution in [3.63, 3.8) is 0 Å². The van der Waals surface area contributed by atoms with Gasteiger partial charge in [0.25, 0.3) is 0 Å². The molecule has 1 heterocycles. The Morgan fingerprint density at radius 2 is 1.94 bits per heavy atom. The summed E-state index contributed by atoms with van der Waals surface area (Å²) in [4.78, 5) is 0. The zero-order chi connectivity index (χ0) is 12.4. The molecule has 0 spiro atoms. The van der Waals surface area contributed by atoms with Crippen LogP contribution < -0.4 is 14.8 Å². The molecule has 1 saturated heterocycles. The highest BCUT2D eigenvalue weighted by atomic mass is 16.5. The molecule has 1 aliphatic heterocycles. The monoisotopic (exact) mass is 235 g/mol.